The Hall–Kier alpha value is -2.59. The number of hydrogen-bond acceptors (Lipinski definition) is 6. The number of piperazine rings is 1. The lowest BCUT2D eigenvalue weighted by Crippen LogP contribution is -2.59. The number of nitrogens with zero attached hydrogens (tertiary/aromatic N) is 3. The molecule has 0 N–H and O–H groups in total. The van der Waals surface area contributed by atoms with E-state index in [1.54, 1.807) is 17.0 Å². The fourth-order valence-electron chi connectivity index (χ4n) is 3.89. The molecule has 0 spiro atoms. The third-order valence-corrected chi connectivity index (χ3v) is 7.44. The lowest BCUT2D eigenvalue weighted by molar-refractivity contribution is -0.157. The van der Waals surface area contributed by atoms with Crippen LogP contribution in [0.2, 0.25) is 0 Å². The highest BCUT2D eigenvalue weighted by molar-refractivity contribution is 7.89. The van der Waals surface area contributed by atoms with Gasteiger partial charge in [-0.2, -0.15) is 4.31 Å². The maximum atomic E-state index is 13.0. The van der Waals surface area contributed by atoms with Gasteiger partial charge in [-0.3, -0.25) is 9.59 Å². The zero-order valence-electron chi connectivity index (χ0n) is 17.2. The smallest absolute Gasteiger partial charge is 0.312 e. The maximum absolute atomic E-state index is 13.0. The highest BCUT2D eigenvalue weighted by Crippen LogP contribution is 2.32. The quantitative estimate of drug-likeness (QED) is 0.461. The molecule has 0 bridgehead atoms. The summed E-state index contributed by atoms with van der Waals surface area (Å²) < 4.78 is 37.9. The topological polar surface area (TPSA) is 96.5 Å². The fourth-order valence-corrected chi connectivity index (χ4v) is 5.37. The molecule has 2 aliphatic heterocycles. The standard InChI is InChI=1S/C20H27N3O6S/c1-4-9-21-12-13-23(20(25)19(21)24)15-7-10-22(11-8-15)30(26,27)16-5-6-17(28-2)18(14-16)29-3/h4-6,14-15H,1,7-13H2,2-3H3. The number of methoxy groups -OCH3 is 2. The van der Waals surface area contributed by atoms with Crippen molar-refractivity contribution in [2.45, 2.75) is 23.8 Å². The summed E-state index contributed by atoms with van der Waals surface area (Å²) in [6, 6.07) is 4.35. The second kappa shape index (κ2) is 9.05. The second-order valence-electron chi connectivity index (χ2n) is 7.19. The Kier molecular flexibility index (Phi) is 6.67. The van der Waals surface area contributed by atoms with Gasteiger partial charge in [0.15, 0.2) is 11.5 Å². The van der Waals surface area contributed by atoms with Crippen LogP contribution in [0.1, 0.15) is 12.8 Å². The van der Waals surface area contributed by atoms with Crippen molar-refractivity contribution in [2.24, 2.45) is 0 Å². The van der Waals surface area contributed by atoms with E-state index in [1.165, 1.54) is 35.6 Å². The van der Waals surface area contributed by atoms with Crippen molar-refractivity contribution in [3.05, 3.63) is 30.9 Å². The number of carbonyl (C=O) groups is 2. The van der Waals surface area contributed by atoms with Gasteiger partial charge in [-0.25, -0.2) is 8.42 Å². The first-order valence-electron chi connectivity index (χ1n) is 9.76. The minimum Gasteiger partial charge on any atom is -0.493 e. The Morgan fingerprint density at radius 1 is 1.03 bits per heavy atom. The average molecular weight is 438 g/mol. The largest absolute Gasteiger partial charge is 0.493 e. The van der Waals surface area contributed by atoms with Crippen LogP contribution < -0.4 is 9.47 Å². The van der Waals surface area contributed by atoms with Crippen LogP contribution in [0.5, 0.6) is 11.5 Å². The molecule has 0 saturated carbocycles. The number of ether oxygens (including phenoxy) is 2. The fraction of sp³-hybridized carbons (Fsp3) is 0.500. The number of carbonyl (C=O) groups excluding carboxylic acids is 2. The van der Waals surface area contributed by atoms with Gasteiger partial charge in [-0.05, 0) is 25.0 Å². The normalized spacial score (nSPS) is 19.1. The Morgan fingerprint density at radius 2 is 1.70 bits per heavy atom. The molecule has 2 fully saturated rings. The van der Waals surface area contributed by atoms with E-state index in [0.29, 0.717) is 44.0 Å². The van der Waals surface area contributed by atoms with Crippen LogP contribution in [0.3, 0.4) is 0 Å². The summed E-state index contributed by atoms with van der Waals surface area (Å²) in [6.07, 6.45) is 2.55. The molecule has 164 valence electrons. The Labute approximate surface area is 176 Å². The minimum absolute atomic E-state index is 0.128. The summed E-state index contributed by atoms with van der Waals surface area (Å²) in [4.78, 5) is 27.9. The molecule has 3 rings (SSSR count). The molecule has 0 radical (unpaired) electrons. The molecule has 1 aromatic rings. The summed E-state index contributed by atoms with van der Waals surface area (Å²) in [5.41, 5.74) is 0. The summed E-state index contributed by atoms with van der Waals surface area (Å²) in [7, 11) is -0.769. The molecule has 2 saturated heterocycles. The molecule has 0 aliphatic carbocycles. The van der Waals surface area contributed by atoms with E-state index in [9.17, 15) is 18.0 Å². The molecule has 0 unspecified atom stereocenters. The number of rotatable bonds is 7. The first-order chi connectivity index (χ1) is 14.3. The molecular formula is C20H27N3O6S. The SMILES string of the molecule is C=CCN1CCN(C2CCN(S(=O)(=O)c3ccc(OC)c(OC)c3)CC2)C(=O)C1=O. The van der Waals surface area contributed by atoms with Crippen molar-refractivity contribution in [2.75, 3.05) is 46.9 Å². The Balaban J connectivity index is 1.67. The molecule has 9 nitrogen and oxygen atoms in total. The molecule has 1 aromatic carbocycles. The van der Waals surface area contributed by atoms with Gasteiger partial charge in [-0.15, -0.1) is 6.58 Å². The van der Waals surface area contributed by atoms with E-state index in [4.69, 9.17) is 9.47 Å². The predicted octanol–water partition coefficient (Wildman–Crippen LogP) is 0.714. The van der Waals surface area contributed by atoms with Crippen LogP contribution in [0.15, 0.2) is 35.7 Å². The molecular weight excluding hydrogens is 410 g/mol. The summed E-state index contributed by atoms with van der Waals surface area (Å²) in [5.74, 6) is -0.255. The zero-order chi connectivity index (χ0) is 21.9. The molecule has 2 amide bonds. The van der Waals surface area contributed by atoms with Crippen LogP contribution in [-0.2, 0) is 19.6 Å². The third-order valence-electron chi connectivity index (χ3n) is 5.55. The van der Waals surface area contributed by atoms with Crippen LogP contribution in [0, 0.1) is 0 Å². The first-order valence-corrected chi connectivity index (χ1v) is 11.2. The van der Waals surface area contributed by atoms with Gasteiger partial charge in [0.1, 0.15) is 0 Å². The van der Waals surface area contributed by atoms with Gasteiger partial charge < -0.3 is 19.3 Å². The van der Waals surface area contributed by atoms with E-state index in [1.807, 2.05) is 0 Å². The lowest BCUT2D eigenvalue weighted by atomic mass is 10.0. The Morgan fingerprint density at radius 3 is 2.30 bits per heavy atom. The number of amides is 2. The summed E-state index contributed by atoms with van der Waals surface area (Å²) in [5, 5.41) is 0. The van der Waals surface area contributed by atoms with Crippen LogP contribution in [-0.4, -0.2) is 87.3 Å². The van der Waals surface area contributed by atoms with E-state index < -0.39 is 21.8 Å². The van der Waals surface area contributed by atoms with Crippen LogP contribution in [0.4, 0.5) is 0 Å². The Bertz CT molecular complexity index is 924. The van der Waals surface area contributed by atoms with Crippen LogP contribution >= 0.6 is 0 Å². The number of benzene rings is 1. The molecule has 30 heavy (non-hydrogen) atoms. The number of piperidine rings is 1. The van der Waals surface area contributed by atoms with Crippen LogP contribution in [0.25, 0.3) is 0 Å². The molecule has 2 aliphatic rings. The third kappa shape index (κ3) is 4.15. The van der Waals surface area contributed by atoms with Crippen molar-refractivity contribution in [3.63, 3.8) is 0 Å². The second-order valence-corrected chi connectivity index (χ2v) is 9.13. The number of sulfonamides is 1. The average Bonchev–Trinajstić information content (AvgIpc) is 2.76. The van der Waals surface area contributed by atoms with Gasteiger partial charge in [0.2, 0.25) is 10.0 Å². The monoisotopic (exact) mass is 437 g/mol. The summed E-state index contributed by atoms with van der Waals surface area (Å²) in [6.45, 7) is 5.41. The van der Waals surface area contributed by atoms with E-state index in [2.05, 4.69) is 6.58 Å². The minimum atomic E-state index is -3.71. The maximum Gasteiger partial charge on any atom is 0.312 e. The van der Waals surface area contributed by atoms with Crippen molar-refractivity contribution < 1.29 is 27.5 Å². The van der Waals surface area contributed by atoms with Gasteiger partial charge in [0, 0.05) is 44.8 Å². The highest BCUT2D eigenvalue weighted by atomic mass is 32.2. The van der Waals surface area contributed by atoms with E-state index >= 15 is 0 Å². The molecule has 0 atom stereocenters. The van der Waals surface area contributed by atoms with Crippen molar-refractivity contribution >= 4 is 21.8 Å². The van der Waals surface area contributed by atoms with Gasteiger partial charge in [0.25, 0.3) is 0 Å². The highest BCUT2D eigenvalue weighted by Gasteiger charge is 2.39. The van der Waals surface area contributed by atoms with Crippen molar-refractivity contribution in [1.29, 1.82) is 0 Å². The van der Waals surface area contributed by atoms with Gasteiger partial charge >= 0.3 is 11.8 Å². The zero-order valence-corrected chi connectivity index (χ0v) is 18.1. The van der Waals surface area contributed by atoms with Gasteiger partial charge in [0.05, 0.1) is 19.1 Å². The first kappa shape index (κ1) is 22.1. The predicted molar refractivity (Wildman–Crippen MR) is 110 cm³/mol. The molecule has 0 aromatic heterocycles. The van der Waals surface area contributed by atoms with Crippen molar-refractivity contribution in [3.8, 4) is 11.5 Å². The van der Waals surface area contributed by atoms with E-state index in [0.717, 1.165) is 0 Å². The summed E-state index contributed by atoms with van der Waals surface area (Å²) >= 11 is 0. The van der Waals surface area contributed by atoms with Crippen molar-refractivity contribution in [1.82, 2.24) is 14.1 Å². The lowest BCUT2D eigenvalue weighted by Gasteiger charge is -2.41. The molecule has 2 heterocycles. The van der Waals surface area contributed by atoms with Gasteiger partial charge in [-0.1, -0.05) is 6.08 Å². The molecule has 10 heteroatoms. The number of hydrogen-bond donors (Lipinski definition) is 0. The van der Waals surface area contributed by atoms with E-state index in [-0.39, 0.29) is 24.0 Å².